The predicted octanol–water partition coefficient (Wildman–Crippen LogP) is 3.47. The van der Waals surface area contributed by atoms with Gasteiger partial charge in [-0.15, -0.1) is 6.58 Å². The molecule has 0 atom stereocenters. The summed E-state index contributed by atoms with van der Waals surface area (Å²) in [4.78, 5) is 26.1. The number of carbonyl (C=O) groups excluding carboxylic acids is 2. The van der Waals surface area contributed by atoms with Crippen LogP contribution in [0.2, 0.25) is 0 Å². The third-order valence-electron chi connectivity index (χ3n) is 4.24. The molecule has 0 aromatic heterocycles. The van der Waals surface area contributed by atoms with Gasteiger partial charge in [0.05, 0.1) is 5.69 Å². The van der Waals surface area contributed by atoms with Crippen molar-refractivity contribution in [3.8, 4) is 5.75 Å². The van der Waals surface area contributed by atoms with E-state index in [0.29, 0.717) is 29.2 Å². The molecule has 3 rings (SSSR count). The number of nitrogens with one attached hydrogen (secondary N) is 1. The number of rotatable bonds is 4. The third-order valence-corrected chi connectivity index (χ3v) is 4.24. The molecule has 1 heterocycles. The Hall–Kier alpha value is -3.08. The molecule has 0 radical (unpaired) electrons. The predicted molar refractivity (Wildman–Crippen MR) is 98.4 cm³/mol. The van der Waals surface area contributed by atoms with Crippen LogP contribution in [-0.4, -0.2) is 25.0 Å². The zero-order chi connectivity index (χ0) is 18.0. The fourth-order valence-electron chi connectivity index (χ4n) is 2.70. The van der Waals surface area contributed by atoms with Gasteiger partial charge in [0, 0.05) is 17.8 Å². The highest BCUT2D eigenvalue weighted by molar-refractivity contribution is 6.05. The summed E-state index contributed by atoms with van der Waals surface area (Å²) >= 11 is 0. The Labute approximate surface area is 146 Å². The van der Waals surface area contributed by atoms with Gasteiger partial charge >= 0.3 is 0 Å². The molecule has 0 fully saturated rings. The first-order valence-electron chi connectivity index (χ1n) is 8.06. The van der Waals surface area contributed by atoms with Gasteiger partial charge in [-0.05, 0) is 55.3 Å². The highest BCUT2D eigenvalue weighted by atomic mass is 16.5. The number of fused-ring (bicyclic) bond motifs is 1. The number of ether oxygens (including phenoxy) is 1. The average molecular weight is 336 g/mol. The molecule has 5 nitrogen and oxygen atoms in total. The highest BCUT2D eigenvalue weighted by Crippen LogP contribution is 2.34. The van der Waals surface area contributed by atoms with E-state index in [0.717, 1.165) is 11.1 Å². The van der Waals surface area contributed by atoms with E-state index >= 15 is 0 Å². The second kappa shape index (κ2) is 6.81. The Balaban J connectivity index is 1.86. The van der Waals surface area contributed by atoms with Crippen LogP contribution in [-0.2, 0) is 4.79 Å². The first-order valence-corrected chi connectivity index (χ1v) is 8.06. The lowest BCUT2D eigenvalue weighted by molar-refractivity contribution is -0.121. The summed E-state index contributed by atoms with van der Waals surface area (Å²) in [6.45, 7) is 8.06. The number of aryl methyl sites for hydroxylation is 2. The van der Waals surface area contributed by atoms with Crippen LogP contribution < -0.4 is 15.0 Å². The molecule has 25 heavy (non-hydrogen) atoms. The molecule has 2 aromatic rings. The standard InChI is InChI=1S/C20H20N2O3/c1-4-9-22-17-11-16(7-8-18(17)25-12-19(22)23)21-20(24)15-6-5-13(2)14(3)10-15/h4-8,10-11H,1,9,12H2,2-3H3,(H,21,24). The maximum atomic E-state index is 12.5. The van der Waals surface area contributed by atoms with Gasteiger partial charge in [-0.1, -0.05) is 12.1 Å². The van der Waals surface area contributed by atoms with Gasteiger partial charge in [-0.3, -0.25) is 9.59 Å². The van der Waals surface area contributed by atoms with Crippen LogP contribution in [0.4, 0.5) is 11.4 Å². The molecule has 1 aliphatic rings. The van der Waals surface area contributed by atoms with Crippen molar-refractivity contribution in [1.29, 1.82) is 0 Å². The zero-order valence-electron chi connectivity index (χ0n) is 14.3. The van der Waals surface area contributed by atoms with Gasteiger partial charge in [-0.2, -0.15) is 0 Å². The van der Waals surface area contributed by atoms with E-state index in [2.05, 4.69) is 11.9 Å². The van der Waals surface area contributed by atoms with Crippen LogP contribution in [0, 0.1) is 13.8 Å². The van der Waals surface area contributed by atoms with Crippen LogP contribution >= 0.6 is 0 Å². The second-order valence-electron chi connectivity index (χ2n) is 6.02. The summed E-state index contributed by atoms with van der Waals surface area (Å²) < 4.78 is 5.45. The van der Waals surface area contributed by atoms with Crippen LogP contribution in [0.15, 0.2) is 49.1 Å². The molecule has 0 saturated carbocycles. The molecule has 0 saturated heterocycles. The van der Waals surface area contributed by atoms with Crippen molar-refractivity contribution in [2.45, 2.75) is 13.8 Å². The van der Waals surface area contributed by atoms with E-state index in [1.165, 1.54) is 0 Å². The van der Waals surface area contributed by atoms with E-state index in [9.17, 15) is 9.59 Å². The number of carbonyl (C=O) groups is 2. The SMILES string of the molecule is C=CCN1C(=O)COc2ccc(NC(=O)c3ccc(C)c(C)c3)cc21. The molecule has 1 N–H and O–H groups in total. The van der Waals surface area contributed by atoms with E-state index < -0.39 is 0 Å². The molecular weight excluding hydrogens is 316 g/mol. The van der Waals surface area contributed by atoms with E-state index in [4.69, 9.17) is 4.74 Å². The zero-order valence-corrected chi connectivity index (χ0v) is 14.3. The smallest absolute Gasteiger partial charge is 0.265 e. The summed E-state index contributed by atoms with van der Waals surface area (Å²) in [6, 6.07) is 10.9. The van der Waals surface area contributed by atoms with Crippen molar-refractivity contribution in [2.24, 2.45) is 0 Å². The summed E-state index contributed by atoms with van der Waals surface area (Å²) in [7, 11) is 0. The Morgan fingerprint density at radius 3 is 2.76 bits per heavy atom. The van der Waals surface area contributed by atoms with Crippen molar-refractivity contribution in [1.82, 2.24) is 0 Å². The molecule has 128 valence electrons. The van der Waals surface area contributed by atoms with E-state index in [1.807, 2.05) is 26.0 Å². The number of amides is 2. The van der Waals surface area contributed by atoms with Gasteiger partial charge < -0.3 is 15.0 Å². The van der Waals surface area contributed by atoms with Crippen molar-refractivity contribution in [2.75, 3.05) is 23.4 Å². The average Bonchev–Trinajstić information content (AvgIpc) is 2.60. The summed E-state index contributed by atoms with van der Waals surface area (Å²) in [5.74, 6) is 0.289. The molecule has 2 aromatic carbocycles. The third kappa shape index (κ3) is 3.40. The molecule has 1 aliphatic heterocycles. The van der Waals surface area contributed by atoms with Crippen LogP contribution in [0.1, 0.15) is 21.5 Å². The van der Waals surface area contributed by atoms with Crippen molar-refractivity contribution in [3.63, 3.8) is 0 Å². The quantitative estimate of drug-likeness (QED) is 0.870. The maximum absolute atomic E-state index is 12.5. The lowest BCUT2D eigenvalue weighted by atomic mass is 10.1. The number of anilines is 2. The van der Waals surface area contributed by atoms with E-state index in [1.54, 1.807) is 35.2 Å². The Morgan fingerprint density at radius 2 is 2.04 bits per heavy atom. The van der Waals surface area contributed by atoms with Gasteiger partial charge in [0.2, 0.25) is 0 Å². The fraction of sp³-hybridized carbons (Fsp3) is 0.200. The lowest BCUT2D eigenvalue weighted by Crippen LogP contribution is -2.38. The largest absolute Gasteiger partial charge is 0.482 e. The molecule has 0 bridgehead atoms. The molecule has 5 heteroatoms. The van der Waals surface area contributed by atoms with Crippen molar-refractivity contribution < 1.29 is 14.3 Å². The minimum Gasteiger partial charge on any atom is -0.482 e. The van der Waals surface area contributed by atoms with E-state index in [-0.39, 0.29) is 18.4 Å². The topological polar surface area (TPSA) is 58.6 Å². The van der Waals surface area contributed by atoms with Crippen LogP contribution in [0.3, 0.4) is 0 Å². The number of hydrogen-bond donors (Lipinski definition) is 1. The van der Waals surface area contributed by atoms with Gasteiger partial charge in [0.1, 0.15) is 5.75 Å². The number of benzene rings is 2. The van der Waals surface area contributed by atoms with Gasteiger partial charge in [-0.25, -0.2) is 0 Å². The monoisotopic (exact) mass is 336 g/mol. The molecule has 2 amide bonds. The first-order chi connectivity index (χ1) is 12.0. The molecule has 0 aliphatic carbocycles. The second-order valence-corrected chi connectivity index (χ2v) is 6.02. The van der Waals surface area contributed by atoms with Crippen LogP contribution in [0.5, 0.6) is 5.75 Å². The van der Waals surface area contributed by atoms with Crippen molar-refractivity contribution >= 4 is 23.2 Å². The normalized spacial score (nSPS) is 13.0. The minimum absolute atomic E-state index is 0.00912. The fourth-order valence-corrected chi connectivity index (χ4v) is 2.70. The number of hydrogen-bond acceptors (Lipinski definition) is 3. The Bertz CT molecular complexity index is 858. The Kier molecular flexibility index (Phi) is 4.57. The maximum Gasteiger partial charge on any atom is 0.265 e. The van der Waals surface area contributed by atoms with Crippen molar-refractivity contribution in [3.05, 3.63) is 65.7 Å². The minimum atomic E-state index is -0.193. The lowest BCUT2D eigenvalue weighted by Gasteiger charge is -2.28. The Morgan fingerprint density at radius 1 is 1.24 bits per heavy atom. The summed E-state index contributed by atoms with van der Waals surface area (Å²) in [6.07, 6.45) is 1.66. The highest BCUT2D eigenvalue weighted by Gasteiger charge is 2.25. The molecule has 0 unspecified atom stereocenters. The molecular formula is C20H20N2O3. The summed E-state index contributed by atoms with van der Waals surface area (Å²) in [5.41, 5.74) is 4.04. The summed E-state index contributed by atoms with van der Waals surface area (Å²) in [5, 5.41) is 2.87. The first kappa shape index (κ1) is 16.8. The van der Waals surface area contributed by atoms with Gasteiger partial charge in [0.25, 0.3) is 11.8 Å². The molecule has 0 spiro atoms. The van der Waals surface area contributed by atoms with Crippen LogP contribution in [0.25, 0.3) is 0 Å². The van der Waals surface area contributed by atoms with Gasteiger partial charge in [0.15, 0.2) is 6.61 Å². The number of nitrogens with zero attached hydrogens (tertiary/aromatic N) is 1.